The molecule has 5 heteroatoms. The summed E-state index contributed by atoms with van der Waals surface area (Å²) >= 11 is 8.84. The van der Waals surface area contributed by atoms with Gasteiger partial charge in [-0.15, -0.1) is 0 Å². The number of pyridine rings is 1. The third-order valence-electron chi connectivity index (χ3n) is 3.87. The lowest BCUT2D eigenvalue weighted by atomic mass is 9.70. The molecule has 2 aliphatic rings. The number of fused-ring (bicyclic) bond motifs is 2. The minimum atomic E-state index is -0.240. The summed E-state index contributed by atoms with van der Waals surface area (Å²) in [6, 6.07) is 2.81. The maximum absolute atomic E-state index is 6.07. The Morgan fingerprint density at radius 3 is 2.61 bits per heavy atom. The monoisotopic (exact) mass is 323 g/mol. The van der Waals surface area contributed by atoms with E-state index in [0.717, 1.165) is 22.9 Å². The average Bonchev–Trinajstić information content (AvgIpc) is 2.68. The van der Waals surface area contributed by atoms with E-state index < -0.39 is 0 Å². The van der Waals surface area contributed by atoms with E-state index in [2.05, 4.69) is 44.4 Å². The van der Waals surface area contributed by atoms with Crippen LogP contribution in [-0.4, -0.2) is 22.1 Å². The maximum Gasteiger partial charge on any atom is 0.0836 e. The molecule has 0 aromatic carbocycles. The van der Waals surface area contributed by atoms with Gasteiger partial charge in [0.15, 0.2) is 0 Å². The number of nitrogens with two attached hydrogens (primary N) is 1. The molecule has 18 heavy (non-hydrogen) atoms. The summed E-state index contributed by atoms with van der Waals surface area (Å²) in [4.78, 5) is 4.83. The van der Waals surface area contributed by atoms with Crippen LogP contribution < -0.4 is 11.1 Å². The van der Waals surface area contributed by atoms with Gasteiger partial charge in [-0.25, -0.2) is 0 Å². The first-order valence-corrected chi connectivity index (χ1v) is 7.16. The second-order valence-corrected chi connectivity index (χ2v) is 6.37. The van der Waals surface area contributed by atoms with Crippen LogP contribution in [0.25, 0.3) is 0 Å². The van der Waals surface area contributed by atoms with Gasteiger partial charge in [0.05, 0.1) is 10.4 Å². The lowest BCUT2D eigenvalue weighted by Crippen LogP contribution is -2.53. The molecule has 2 unspecified atom stereocenters. The second kappa shape index (κ2) is 4.40. The van der Waals surface area contributed by atoms with Crippen molar-refractivity contribution in [2.24, 2.45) is 5.73 Å². The first-order chi connectivity index (χ1) is 8.60. The smallest absolute Gasteiger partial charge is 0.0836 e. The Morgan fingerprint density at radius 2 is 2.06 bits per heavy atom. The molecule has 0 saturated carbocycles. The molecule has 3 rings (SSSR count). The van der Waals surface area contributed by atoms with E-state index in [1.165, 1.54) is 0 Å². The lowest BCUT2D eigenvalue weighted by Gasteiger charge is -2.41. The fourth-order valence-corrected chi connectivity index (χ4v) is 3.64. The van der Waals surface area contributed by atoms with Crippen molar-refractivity contribution in [1.29, 1.82) is 0 Å². The SMILES string of the molecule is NC(=S)C1(c2cncc(Br)c2)CC2C=CC(C1)N2. The first-order valence-electron chi connectivity index (χ1n) is 5.95. The molecular weight excluding hydrogens is 310 g/mol. The van der Waals surface area contributed by atoms with Gasteiger partial charge in [0, 0.05) is 29.0 Å². The molecule has 1 aromatic rings. The number of aromatic nitrogens is 1. The highest BCUT2D eigenvalue weighted by atomic mass is 79.9. The van der Waals surface area contributed by atoms with Crippen LogP contribution in [0.15, 0.2) is 35.1 Å². The Labute approximate surface area is 120 Å². The van der Waals surface area contributed by atoms with Gasteiger partial charge in [-0.2, -0.15) is 0 Å². The van der Waals surface area contributed by atoms with Gasteiger partial charge in [-0.3, -0.25) is 4.98 Å². The van der Waals surface area contributed by atoms with Crippen LogP contribution in [0.5, 0.6) is 0 Å². The standard InChI is InChI=1S/C13H14BrN3S/c14-9-3-8(6-16-7-9)13(12(15)18)4-10-1-2-11(5-13)17-10/h1-3,6-7,10-11,17H,4-5H2,(H2,15,18). The zero-order valence-electron chi connectivity index (χ0n) is 9.77. The van der Waals surface area contributed by atoms with Gasteiger partial charge >= 0.3 is 0 Å². The number of piperidine rings is 1. The van der Waals surface area contributed by atoms with Gasteiger partial charge in [0.1, 0.15) is 0 Å². The third kappa shape index (κ3) is 1.90. The van der Waals surface area contributed by atoms with Gasteiger partial charge in [-0.1, -0.05) is 24.4 Å². The van der Waals surface area contributed by atoms with Crippen molar-refractivity contribution in [2.75, 3.05) is 0 Å². The van der Waals surface area contributed by atoms with Crippen LogP contribution in [0.4, 0.5) is 0 Å². The highest BCUT2D eigenvalue weighted by Gasteiger charge is 2.45. The number of halogens is 1. The predicted molar refractivity (Wildman–Crippen MR) is 79.5 cm³/mol. The highest BCUT2D eigenvalue weighted by molar-refractivity contribution is 9.10. The van der Waals surface area contributed by atoms with Crippen LogP contribution in [0.3, 0.4) is 0 Å². The van der Waals surface area contributed by atoms with Crippen molar-refractivity contribution >= 4 is 33.1 Å². The van der Waals surface area contributed by atoms with Crippen molar-refractivity contribution in [3.8, 4) is 0 Å². The number of hydrogen-bond donors (Lipinski definition) is 2. The summed E-state index contributed by atoms with van der Waals surface area (Å²) in [7, 11) is 0. The summed E-state index contributed by atoms with van der Waals surface area (Å²) < 4.78 is 0.967. The predicted octanol–water partition coefficient (Wildman–Crippen LogP) is 2.06. The van der Waals surface area contributed by atoms with Crippen molar-refractivity contribution in [1.82, 2.24) is 10.3 Å². The Kier molecular flexibility index (Phi) is 3.00. The highest BCUT2D eigenvalue weighted by Crippen LogP contribution is 2.41. The summed E-state index contributed by atoms with van der Waals surface area (Å²) in [5.41, 5.74) is 6.94. The molecule has 3 N–H and O–H groups in total. The van der Waals surface area contributed by atoms with Gasteiger partial charge in [-0.05, 0) is 40.4 Å². The number of nitrogens with one attached hydrogen (secondary N) is 1. The summed E-state index contributed by atoms with van der Waals surface area (Å²) in [6.07, 6.45) is 9.92. The fourth-order valence-electron chi connectivity index (χ4n) is 3.00. The molecule has 0 aliphatic carbocycles. The number of rotatable bonds is 2. The maximum atomic E-state index is 6.07. The van der Waals surface area contributed by atoms with Gasteiger partial charge < -0.3 is 11.1 Å². The van der Waals surface area contributed by atoms with Crippen LogP contribution in [0.2, 0.25) is 0 Å². The zero-order valence-corrected chi connectivity index (χ0v) is 12.2. The fraction of sp³-hybridized carbons (Fsp3) is 0.385. The topological polar surface area (TPSA) is 50.9 Å². The Hall–Kier alpha value is -0.780. The van der Waals surface area contributed by atoms with E-state index in [0.29, 0.717) is 17.1 Å². The number of hydrogen-bond acceptors (Lipinski definition) is 3. The minimum absolute atomic E-state index is 0.240. The molecular formula is C13H14BrN3S. The van der Waals surface area contributed by atoms with Crippen molar-refractivity contribution < 1.29 is 0 Å². The molecule has 3 heterocycles. The molecule has 0 spiro atoms. The van der Waals surface area contributed by atoms with E-state index in [9.17, 15) is 0 Å². The molecule has 0 amide bonds. The molecule has 0 radical (unpaired) electrons. The zero-order chi connectivity index (χ0) is 12.8. The van der Waals surface area contributed by atoms with Gasteiger partial charge in [0.25, 0.3) is 0 Å². The van der Waals surface area contributed by atoms with Gasteiger partial charge in [0.2, 0.25) is 0 Å². The molecule has 2 aliphatic heterocycles. The summed E-state index contributed by atoms with van der Waals surface area (Å²) in [5.74, 6) is 0. The summed E-state index contributed by atoms with van der Waals surface area (Å²) in [6.45, 7) is 0. The van der Waals surface area contributed by atoms with E-state index >= 15 is 0 Å². The van der Waals surface area contributed by atoms with Crippen LogP contribution in [-0.2, 0) is 5.41 Å². The minimum Gasteiger partial charge on any atom is -0.393 e. The molecule has 94 valence electrons. The Balaban J connectivity index is 2.05. The average molecular weight is 324 g/mol. The normalized spacial score (nSPS) is 33.6. The van der Waals surface area contributed by atoms with Crippen molar-refractivity contribution in [2.45, 2.75) is 30.3 Å². The molecule has 1 saturated heterocycles. The molecule has 2 bridgehead atoms. The number of thiocarbonyl (C=S) groups is 1. The number of nitrogens with zero attached hydrogens (tertiary/aromatic N) is 1. The molecule has 2 atom stereocenters. The van der Waals surface area contributed by atoms with E-state index in [4.69, 9.17) is 18.0 Å². The molecule has 3 nitrogen and oxygen atoms in total. The van der Waals surface area contributed by atoms with Crippen LogP contribution >= 0.6 is 28.1 Å². The summed E-state index contributed by atoms with van der Waals surface area (Å²) in [5, 5.41) is 3.53. The van der Waals surface area contributed by atoms with E-state index in [1.54, 1.807) is 6.20 Å². The Bertz CT molecular complexity index is 515. The van der Waals surface area contributed by atoms with E-state index in [-0.39, 0.29) is 5.41 Å². The first kappa shape index (κ1) is 12.3. The Morgan fingerprint density at radius 1 is 1.39 bits per heavy atom. The van der Waals surface area contributed by atoms with E-state index in [1.807, 2.05) is 6.20 Å². The quantitative estimate of drug-likeness (QED) is 0.646. The lowest BCUT2D eigenvalue weighted by molar-refractivity contribution is 0.331. The molecule has 1 aromatic heterocycles. The molecule has 1 fully saturated rings. The van der Waals surface area contributed by atoms with Crippen molar-refractivity contribution in [3.63, 3.8) is 0 Å². The van der Waals surface area contributed by atoms with Crippen molar-refractivity contribution in [3.05, 3.63) is 40.6 Å². The third-order valence-corrected chi connectivity index (χ3v) is 4.69. The largest absolute Gasteiger partial charge is 0.393 e. The van der Waals surface area contributed by atoms with Crippen LogP contribution in [0, 0.1) is 0 Å². The second-order valence-electron chi connectivity index (χ2n) is 5.01. The van der Waals surface area contributed by atoms with Crippen LogP contribution in [0.1, 0.15) is 18.4 Å².